The number of carbonyl (C=O) groups is 2. The third-order valence-corrected chi connectivity index (χ3v) is 3.96. The first-order valence-corrected chi connectivity index (χ1v) is 8.08. The number of rotatable bonds is 5. The fraction of sp³-hybridized carbons (Fsp3) is 0.429. The first-order chi connectivity index (χ1) is 10.0. The minimum absolute atomic E-state index is 0.0422. The summed E-state index contributed by atoms with van der Waals surface area (Å²) in [5.74, 6) is -0.291. The molecule has 1 heterocycles. The van der Waals surface area contributed by atoms with E-state index in [4.69, 9.17) is 5.73 Å². The lowest BCUT2D eigenvalue weighted by Crippen LogP contribution is -2.36. The SMILES string of the molecule is CSCC[C@H](N)C(=O)Nc1cc2c(cc1F)CCC(=O)N2. The van der Waals surface area contributed by atoms with Gasteiger partial charge in [-0.15, -0.1) is 0 Å². The number of carbonyl (C=O) groups excluding carboxylic acids is 2. The van der Waals surface area contributed by atoms with E-state index in [1.807, 2.05) is 6.26 Å². The number of anilines is 2. The topological polar surface area (TPSA) is 84.2 Å². The van der Waals surface area contributed by atoms with E-state index >= 15 is 0 Å². The molecule has 1 atom stereocenters. The molecule has 0 saturated carbocycles. The van der Waals surface area contributed by atoms with Crippen LogP contribution in [0.2, 0.25) is 0 Å². The summed E-state index contributed by atoms with van der Waals surface area (Å²) in [4.78, 5) is 23.3. The van der Waals surface area contributed by atoms with E-state index in [2.05, 4.69) is 10.6 Å². The van der Waals surface area contributed by atoms with Crippen molar-refractivity contribution in [1.29, 1.82) is 0 Å². The van der Waals surface area contributed by atoms with Crippen LogP contribution in [0.15, 0.2) is 12.1 Å². The Morgan fingerprint density at radius 3 is 3.00 bits per heavy atom. The molecule has 0 unspecified atom stereocenters. The molecular formula is C14H18FN3O2S. The van der Waals surface area contributed by atoms with Crippen molar-refractivity contribution < 1.29 is 14.0 Å². The molecular weight excluding hydrogens is 293 g/mol. The highest BCUT2D eigenvalue weighted by molar-refractivity contribution is 7.98. The highest BCUT2D eigenvalue weighted by Gasteiger charge is 2.20. The fourth-order valence-electron chi connectivity index (χ4n) is 2.10. The molecule has 0 aliphatic carbocycles. The second-order valence-electron chi connectivity index (χ2n) is 4.91. The van der Waals surface area contributed by atoms with Gasteiger partial charge >= 0.3 is 0 Å². The lowest BCUT2D eigenvalue weighted by molar-refractivity contribution is -0.117. The second kappa shape index (κ2) is 6.91. The summed E-state index contributed by atoms with van der Waals surface area (Å²) < 4.78 is 14.0. The number of nitrogens with two attached hydrogens (primary N) is 1. The summed E-state index contributed by atoms with van der Waals surface area (Å²) in [7, 11) is 0. The predicted octanol–water partition coefficient (Wildman–Crippen LogP) is 1.73. The largest absolute Gasteiger partial charge is 0.326 e. The van der Waals surface area contributed by atoms with Gasteiger partial charge in [-0.1, -0.05) is 0 Å². The first-order valence-electron chi connectivity index (χ1n) is 6.69. The number of hydrogen-bond acceptors (Lipinski definition) is 4. The molecule has 1 aromatic rings. The number of benzene rings is 1. The molecule has 2 amide bonds. The van der Waals surface area contributed by atoms with Gasteiger partial charge in [0.15, 0.2) is 0 Å². The summed E-state index contributed by atoms with van der Waals surface area (Å²) in [5, 5.41) is 5.16. The van der Waals surface area contributed by atoms with E-state index in [9.17, 15) is 14.0 Å². The lowest BCUT2D eigenvalue weighted by Gasteiger charge is -2.19. The van der Waals surface area contributed by atoms with Gasteiger partial charge < -0.3 is 16.4 Å². The van der Waals surface area contributed by atoms with E-state index in [1.54, 1.807) is 11.8 Å². The van der Waals surface area contributed by atoms with Gasteiger partial charge in [0.2, 0.25) is 11.8 Å². The Balaban J connectivity index is 2.11. The number of fused-ring (bicyclic) bond motifs is 1. The zero-order valence-electron chi connectivity index (χ0n) is 11.7. The number of aryl methyl sites for hydroxylation is 1. The summed E-state index contributed by atoms with van der Waals surface area (Å²) >= 11 is 1.59. The van der Waals surface area contributed by atoms with Crippen LogP contribution in [0.25, 0.3) is 0 Å². The smallest absolute Gasteiger partial charge is 0.241 e. The van der Waals surface area contributed by atoms with Crippen LogP contribution >= 0.6 is 11.8 Å². The van der Waals surface area contributed by atoms with Crippen molar-refractivity contribution in [3.63, 3.8) is 0 Å². The van der Waals surface area contributed by atoms with Crippen LogP contribution in [0.4, 0.5) is 15.8 Å². The highest BCUT2D eigenvalue weighted by atomic mass is 32.2. The van der Waals surface area contributed by atoms with E-state index in [0.717, 1.165) is 11.3 Å². The Hall–Kier alpha value is -1.60. The predicted molar refractivity (Wildman–Crippen MR) is 83.0 cm³/mol. The third-order valence-electron chi connectivity index (χ3n) is 3.32. The van der Waals surface area contributed by atoms with Crippen LogP contribution in [-0.4, -0.2) is 29.9 Å². The van der Waals surface area contributed by atoms with E-state index in [-0.39, 0.29) is 11.6 Å². The molecule has 7 heteroatoms. The number of halogens is 1. The quantitative estimate of drug-likeness (QED) is 0.773. The van der Waals surface area contributed by atoms with Crippen molar-refractivity contribution in [2.45, 2.75) is 25.3 Å². The summed E-state index contributed by atoms with van der Waals surface area (Å²) in [6, 6.07) is 2.11. The van der Waals surface area contributed by atoms with Gasteiger partial charge in [0.25, 0.3) is 0 Å². The van der Waals surface area contributed by atoms with Crippen LogP contribution in [0.3, 0.4) is 0 Å². The zero-order chi connectivity index (χ0) is 15.4. The van der Waals surface area contributed by atoms with Crippen LogP contribution in [0.5, 0.6) is 0 Å². The van der Waals surface area contributed by atoms with Gasteiger partial charge in [0, 0.05) is 12.1 Å². The molecule has 2 rings (SSSR count). The van der Waals surface area contributed by atoms with Gasteiger partial charge in [0.05, 0.1) is 11.7 Å². The highest BCUT2D eigenvalue weighted by Crippen LogP contribution is 2.28. The maximum Gasteiger partial charge on any atom is 0.241 e. The number of amides is 2. The molecule has 0 spiro atoms. The van der Waals surface area contributed by atoms with Gasteiger partial charge in [-0.2, -0.15) is 11.8 Å². The number of hydrogen-bond donors (Lipinski definition) is 3. The van der Waals surface area contributed by atoms with Crippen LogP contribution in [0.1, 0.15) is 18.4 Å². The van der Waals surface area contributed by atoms with E-state index in [1.165, 1.54) is 12.1 Å². The summed E-state index contributed by atoms with van der Waals surface area (Å²) in [5.41, 5.74) is 7.06. The fourth-order valence-corrected chi connectivity index (χ4v) is 2.59. The van der Waals surface area contributed by atoms with Crippen LogP contribution in [0, 0.1) is 5.82 Å². The molecule has 0 bridgehead atoms. The monoisotopic (exact) mass is 311 g/mol. The Morgan fingerprint density at radius 2 is 2.29 bits per heavy atom. The van der Waals surface area contributed by atoms with Crippen molar-refractivity contribution in [2.24, 2.45) is 5.73 Å². The first kappa shape index (κ1) is 15.8. The van der Waals surface area contributed by atoms with Crippen LogP contribution in [-0.2, 0) is 16.0 Å². The molecule has 0 fully saturated rings. The van der Waals surface area contributed by atoms with Crippen molar-refractivity contribution in [2.75, 3.05) is 22.6 Å². The maximum atomic E-state index is 14.0. The molecule has 1 aliphatic heterocycles. The van der Waals surface area contributed by atoms with Gasteiger partial charge in [-0.05, 0) is 42.5 Å². The van der Waals surface area contributed by atoms with Gasteiger partial charge in [-0.25, -0.2) is 4.39 Å². The minimum atomic E-state index is -0.678. The average molecular weight is 311 g/mol. The third kappa shape index (κ3) is 3.95. The second-order valence-corrected chi connectivity index (χ2v) is 5.90. The number of nitrogens with one attached hydrogen (secondary N) is 2. The summed E-state index contributed by atoms with van der Waals surface area (Å²) in [6.45, 7) is 0. The molecule has 1 aliphatic rings. The van der Waals surface area contributed by atoms with Crippen molar-refractivity contribution in [3.8, 4) is 0 Å². The maximum absolute atomic E-state index is 14.0. The molecule has 114 valence electrons. The summed E-state index contributed by atoms with van der Waals surface area (Å²) in [6.07, 6.45) is 3.30. The van der Waals surface area contributed by atoms with Gasteiger partial charge in [-0.3, -0.25) is 9.59 Å². The molecule has 5 nitrogen and oxygen atoms in total. The number of thioether (sulfide) groups is 1. The molecule has 1 aromatic carbocycles. The minimum Gasteiger partial charge on any atom is -0.326 e. The van der Waals surface area contributed by atoms with E-state index < -0.39 is 17.8 Å². The normalized spacial score (nSPS) is 15.1. The van der Waals surface area contributed by atoms with Crippen molar-refractivity contribution >= 4 is 35.0 Å². The molecule has 0 aromatic heterocycles. The molecule has 0 radical (unpaired) electrons. The molecule has 21 heavy (non-hydrogen) atoms. The Kier molecular flexibility index (Phi) is 5.19. The molecule has 4 N–H and O–H groups in total. The van der Waals surface area contributed by atoms with Crippen molar-refractivity contribution in [3.05, 3.63) is 23.5 Å². The van der Waals surface area contributed by atoms with Crippen molar-refractivity contribution in [1.82, 2.24) is 0 Å². The lowest BCUT2D eigenvalue weighted by atomic mass is 10.0. The zero-order valence-corrected chi connectivity index (χ0v) is 12.6. The van der Waals surface area contributed by atoms with E-state index in [0.29, 0.717) is 24.9 Å². The molecule has 0 saturated heterocycles. The average Bonchev–Trinajstić information content (AvgIpc) is 2.45. The van der Waals surface area contributed by atoms with Crippen LogP contribution < -0.4 is 16.4 Å². The Morgan fingerprint density at radius 1 is 1.52 bits per heavy atom. The Labute approximate surface area is 126 Å². The Bertz CT molecular complexity index is 565. The standard InChI is InChI=1S/C14H18FN3O2S/c1-21-5-4-10(16)14(20)18-12-7-11-8(6-9(12)15)2-3-13(19)17-11/h6-7,10H,2-5,16H2,1H3,(H,17,19)(H,18,20)/t10-/m0/s1. The van der Waals surface area contributed by atoms with Gasteiger partial charge in [0.1, 0.15) is 5.82 Å².